The Labute approximate surface area is 182 Å². The third kappa shape index (κ3) is 4.91. The maximum absolute atomic E-state index is 13.5. The Morgan fingerprint density at radius 1 is 1.20 bits per heavy atom. The number of hydrogen-bond acceptors (Lipinski definition) is 3. The van der Waals surface area contributed by atoms with Crippen molar-refractivity contribution in [3.63, 3.8) is 0 Å². The third-order valence-corrected chi connectivity index (χ3v) is 6.31. The number of nitrogens with zero attached hydrogens (tertiary/aromatic N) is 2. The van der Waals surface area contributed by atoms with Gasteiger partial charge >= 0.3 is 0 Å². The van der Waals surface area contributed by atoms with E-state index in [2.05, 4.69) is 6.07 Å². The molecule has 0 unspecified atom stereocenters. The summed E-state index contributed by atoms with van der Waals surface area (Å²) in [5.74, 6) is -0.116. The van der Waals surface area contributed by atoms with Crippen LogP contribution in [0.2, 0.25) is 0 Å². The van der Waals surface area contributed by atoms with Crippen molar-refractivity contribution in [2.75, 3.05) is 19.6 Å². The number of fused-ring (bicyclic) bond motifs is 1. The van der Waals surface area contributed by atoms with Gasteiger partial charge in [0.1, 0.15) is 5.82 Å². The molecular formula is C24H31FN2O2S. The molecule has 0 spiro atoms. The molecule has 2 aromatic rings. The molecule has 1 aromatic carbocycles. The molecule has 0 N–H and O–H groups in total. The molecule has 1 atom stereocenters. The number of carbonyl (C=O) groups is 2. The minimum Gasteiger partial charge on any atom is -0.333 e. The van der Waals surface area contributed by atoms with Gasteiger partial charge in [0.05, 0.1) is 12.6 Å². The first-order valence-electron chi connectivity index (χ1n) is 10.5. The van der Waals surface area contributed by atoms with Crippen LogP contribution in [-0.4, -0.2) is 41.2 Å². The number of benzene rings is 1. The van der Waals surface area contributed by atoms with Crippen molar-refractivity contribution >= 4 is 23.2 Å². The second kappa shape index (κ2) is 8.88. The molecule has 162 valence electrons. The molecule has 2 amide bonds. The van der Waals surface area contributed by atoms with Crippen molar-refractivity contribution in [1.82, 2.24) is 9.80 Å². The number of rotatable bonds is 5. The van der Waals surface area contributed by atoms with E-state index < -0.39 is 5.41 Å². The molecule has 6 heteroatoms. The minimum absolute atomic E-state index is 0.0175. The van der Waals surface area contributed by atoms with Crippen molar-refractivity contribution in [2.24, 2.45) is 11.3 Å². The second-order valence-electron chi connectivity index (χ2n) is 9.42. The summed E-state index contributed by atoms with van der Waals surface area (Å²) in [6, 6.07) is 8.18. The summed E-state index contributed by atoms with van der Waals surface area (Å²) in [5.41, 5.74) is 1.44. The van der Waals surface area contributed by atoms with Crippen LogP contribution in [0.15, 0.2) is 35.7 Å². The average Bonchev–Trinajstić information content (AvgIpc) is 3.14. The van der Waals surface area contributed by atoms with E-state index in [0.29, 0.717) is 13.1 Å². The zero-order valence-electron chi connectivity index (χ0n) is 18.4. The zero-order valence-corrected chi connectivity index (χ0v) is 19.3. The van der Waals surface area contributed by atoms with Crippen molar-refractivity contribution in [2.45, 2.75) is 47.1 Å². The third-order valence-electron chi connectivity index (χ3n) is 5.31. The fourth-order valence-corrected chi connectivity index (χ4v) is 4.88. The first-order valence-corrected chi connectivity index (χ1v) is 11.4. The molecule has 30 heavy (non-hydrogen) atoms. The molecule has 1 aromatic heterocycles. The molecule has 0 saturated heterocycles. The second-order valence-corrected chi connectivity index (χ2v) is 10.4. The normalized spacial score (nSPS) is 16.5. The van der Waals surface area contributed by atoms with Gasteiger partial charge in [-0.05, 0) is 47.0 Å². The first-order chi connectivity index (χ1) is 14.1. The van der Waals surface area contributed by atoms with Crippen LogP contribution in [0.5, 0.6) is 0 Å². The van der Waals surface area contributed by atoms with Gasteiger partial charge in [-0.25, -0.2) is 4.39 Å². The number of halogens is 1. The van der Waals surface area contributed by atoms with Crippen LogP contribution in [0, 0.1) is 17.2 Å². The predicted molar refractivity (Wildman–Crippen MR) is 119 cm³/mol. The summed E-state index contributed by atoms with van der Waals surface area (Å²) in [7, 11) is 0. The van der Waals surface area contributed by atoms with Crippen LogP contribution in [0.25, 0.3) is 0 Å². The average molecular weight is 431 g/mol. The Kier molecular flexibility index (Phi) is 6.65. The highest BCUT2D eigenvalue weighted by molar-refractivity contribution is 7.10. The fourth-order valence-electron chi connectivity index (χ4n) is 3.98. The van der Waals surface area contributed by atoms with E-state index in [-0.39, 0.29) is 36.1 Å². The van der Waals surface area contributed by atoms with Crippen LogP contribution in [0.3, 0.4) is 0 Å². The molecule has 1 aliphatic heterocycles. The van der Waals surface area contributed by atoms with Crippen molar-refractivity contribution in [1.29, 1.82) is 0 Å². The standard InChI is InChI=1S/C24H31FN2O2S/c1-16(2)14-26(23(29)24(3,4)5)15-21(28)27-12-10-20-19(11-13-30-20)22(27)17-6-8-18(25)9-7-17/h6-9,11,13,16,22H,10,12,14-15H2,1-5H3/t22-/m1/s1. The molecule has 0 radical (unpaired) electrons. The lowest BCUT2D eigenvalue weighted by Crippen LogP contribution is -2.49. The van der Waals surface area contributed by atoms with Crippen LogP contribution in [-0.2, 0) is 16.0 Å². The monoisotopic (exact) mass is 430 g/mol. The smallest absolute Gasteiger partial charge is 0.242 e. The zero-order chi connectivity index (χ0) is 22.1. The lowest BCUT2D eigenvalue weighted by Gasteiger charge is -2.38. The molecule has 0 saturated carbocycles. The number of thiophene rings is 1. The molecule has 1 aliphatic rings. The largest absolute Gasteiger partial charge is 0.333 e. The Hall–Kier alpha value is -2.21. The van der Waals surface area contributed by atoms with Crippen molar-refractivity contribution in [3.05, 3.63) is 57.5 Å². The quantitative estimate of drug-likeness (QED) is 0.677. The maximum atomic E-state index is 13.5. The predicted octanol–water partition coefficient (Wildman–Crippen LogP) is 4.89. The Bertz CT molecular complexity index is 899. The van der Waals surface area contributed by atoms with Crippen LogP contribution < -0.4 is 0 Å². The summed E-state index contributed by atoms with van der Waals surface area (Å²) < 4.78 is 13.5. The molecule has 0 bridgehead atoms. The van der Waals surface area contributed by atoms with Gasteiger partial charge < -0.3 is 9.80 Å². The van der Waals surface area contributed by atoms with Gasteiger partial charge in [0.2, 0.25) is 11.8 Å². The molecule has 4 nitrogen and oxygen atoms in total. The molecule has 3 rings (SSSR count). The number of carbonyl (C=O) groups excluding carboxylic acids is 2. The highest BCUT2D eigenvalue weighted by Gasteiger charge is 2.35. The van der Waals surface area contributed by atoms with Gasteiger partial charge in [-0.15, -0.1) is 11.3 Å². The van der Waals surface area contributed by atoms with Gasteiger partial charge in [-0.1, -0.05) is 46.8 Å². The van der Waals surface area contributed by atoms with E-state index in [1.54, 1.807) is 28.4 Å². The molecule has 2 heterocycles. The van der Waals surface area contributed by atoms with E-state index in [4.69, 9.17) is 0 Å². The van der Waals surface area contributed by atoms with E-state index in [1.807, 2.05) is 44.9 Å². The SMILES string of the molecule is CC(C)CN(CC(=O)N1CCc2sccc2[C@H]1c1ccc(F)cc1)C(=O)C(C)(C)C. The highest BCUT2D eigenvalue weighted by atomic mass is 32.1. The van der Waals surface area contributed by atoms with Gasteiger partial charge in [0, 0.05) is 23.4 Å². The van der Waals surface area contributed by atoms with E-state index in [1.165, 1.54) is 17.0 Å². The Balaban J connectivity index is 1.90. The van der Waals surface area contributed by atoms with Crippen LogP contribution >= 0.6 is 11.3 Å². The van der Waals surface area contributed by atoms with Gasteiger partial charge in [-0.3, -0.25) is 9.59 Å². The molecule has 0 fully saturated rings. The maximum Gasteiger partial charge on any atom is 0.242 e. The summed E-state index contributed by atoms with van der Waals surface area (Å²) in [6.45, 7) is 10.9. The van der Waals surface area contributed by atoms with Crippen LogP contribution in [0.4, 0.5) is 4.39 Å². The molecule has 0 aliphatic carbocycles. The Morgan fingerprint density at radius 3 is 2.47 bits per heavy atom. The van der Waals surface area contributed by atoms with Gasteiger partial charge in [-0.2, -0.15) is 0 Å². The summed E-state index contributed by atoms with van der Waals surface area (Å²) in [6.07, 6.45) is 0.799. The van der Waals surface area contributed by atoms with E-state index in [9.17, 15) is 14.0 Å². The van der Waals surface area contributed by atoms with E-state index >= 15 is 0 Å². The Morgan fingerprint density at radius 2 is 1.87 bits per heavy atom. The van der Waals surface area contributed by atoms with E-state index in [0.717, 1.165) is 17.5 Å². The first kappa shape index (κ1) is 22.5. The lowest BCUT2D eigenvalue weighted by molar-refractivity contribution is -0.146. The van der Waals surface area contributed by atoms with Gasteiger partial charge in [0.15, 0.2) is 0 Å². The highest BCUT2D eigenvalue weighted by Crippen LogP contribution is 2.38. The fraction of sp³-hybridized carbons (Fsp3) is 0.500. The van der Waals surface area contributed by atoms with Crippen LogP contribution in [0.1, 0.15) is 56.7 Å². The van der Waals surface area contributed by atoms with Gasteiger partial charge in [0.25, 0.3) is 0 Å². The molecular weight excluding hydrogens is 399 g/mol. The van der Waals surface area contributed by atoms with Crippen molar-refractivity contribution in [3.8, 4) is 0 Å². The summed E-state index contributed by atoms with van der Waals surface area (Å²) in [4.78, 5) is 31.3. The minimum atomic E-state index is -0.548. The topological polar surface area (TPSA) is 40.6 Å². The summed E-state index contributed by atoms with van der Waals surface area (Å²) >= 11 is 1.69. The van der Waals surface area contributed by atoms with Crippen molar-refractivity contribution < 1.29 is 14.0 Å². The summed E-state index contributed by atoms with van der Waals surface area (Å²) in [5, 5.41) is 2.05. The number of hydrogen-bond donors (Lipinski definition) is 0. The number of amides is 2. The lowest BCUT2D eigenvalue weighted by atomic mass is 9.92.